The average molecular weight is 430 g/mol. The Morgan fingerprint density at radius 3 is 2.17 bits per heavy atom. The number of hydrogen-bond acceptors (Lipinski definition) is 1. The minimum atomic E-state index is -0.920. The Balaban J connectivity index is 4.44. The topological polar surface area (TPSA) is 37.3 Å². The van der Waals surface area contributed by atoms with Crippen molar-refractivity contribution in [3.8, 4) is 0 Å². The van der Waals surface area contributed by atoms with Gasteiger partial charge in [0.05, 0.1) is 4.83 Å². The lowest BCUT2D eigenvalue weighted by molar-refractivity contribution is -0.132. The van der Waals surface area contributed by atoms with Crippen molar-refractivity contribution in [3.63, 3.8) is 0 Å². The Morgan fingerprint density at radius 2 is 1.92 bits per heavy atom. The molecule has 0 aliphatic heterocycles. The number of allylic oxidation sites excluding steroid dienone is 1. The zero-order valence-corrected chi connectivity index (χ0v) is 12.4. The summed E-state index contributed by atoms with van der Waals surface area (Å²) < 4.78 is -0.510. The van der Waals surface area contributed by atoms with Gasteiger partial charge in [0.25, 0.3) is 0 Å². The van der Waals surface area contributed by atoms with E-state index >= 15 is 0 Å². The molecule has 0 rings (SSSR count). The van der Waals surface area contributed by atoms with E-state index in [1.807, 2.05) is 0 Å². The third-order valence-electron chi connectivity index (χ3n) is 1.05. The second-order valence-electron chi connectivity index (χ2n) is 2.10. The largest absolute Gasteiger partial charge is 0.478 e. The van der Waals surface area contributed by atoms with Gasteiger partial charge in [0.1, 0.15) is 0 Å². The number of halogens is 4. The Kier molecular flexibility index (Phi) is 5.60. The highest BCUT2D eigenvalue weighted by Crippen LogP contribution is 2.41. The molecule has 70 valence electrons. The van der Waals surface area contributed by atoms with Crippen LogP contribution in [-0.2, 0) is 4.79 Å². The normalized spacial score (nSPS) is 15.9. The number of carbonyl (C=O) groups is 1. The molecule has 0 spiro atoms. The SMILES string of the molecule is CC(=CC(Br)C(Br)(Br)Br)C(=O)O. The van der Waals surface area contributed by atoms with E-state index in [9.17, 15) is 4.79 Å². The van der Waals surface area contributed by atoms with Crippen LogP contribution < -0.4 is 0 Å². The maximum atomic E-state index is 10.4. The summed E-state index contributed by atoms with van der Waals surface area (Å²) in [6, 6.07) is 0. The van der Waals surface area contributed by atoms with Gasteiger partial charge >= 0.3 is 5.97 Å². The molecule has 1 N–H and O–H groups in total. The Labute approximate surface area is 104 Å². The van der Waals surface area contributed by atoms with E-state index in [0.29, 0.717) is 5.57 Å². The van der Waals surface area contributed by atoms with Crippen molar-refractivity contribution in [2.24, 2.45) is 0 Å². The number of alkyl halides is 4. The van der Waals surface area contributed by atoms with Crippen molar-refractivity contribution in [3.05, 3.63) is 11.6 Å². The molecular formula is C6H6Br4O2. The Bertz CT molecular complexity index is 206. The molecule has 1 unspecified atom stereocenters. The fourth-order valence-electron chi connectivity index (χ4n) is 0.385. The predicted octanol–water partition coefficient (Wildman–Crippen LogP) is 3.62. The van der Waals surface area contributed by atoms with Crippen LogP contribution in [0.5, 0.6) is 0 Å². The van der Waals surface area contributed by atoms with Crippen LogP contribution in [0.3, 0.4) is 0 Å². The van der Waals surface area contributed by atoms with Crippen LogP contribution in [0.2, 0.25) is 0 Å². The summed E-state index contributed by atoms with van der Waals surface area (Å²) in [5, 5.41) is 8.56. The quantitative estimate of drug-likeness (QED) is 0.538. The zero-order chi connectivity index (χ0) is 9.94. The second-order valence-corrected chi connectivity index (χ2v) is 10.0. The van der Waals surface area contributed by atoms with Gasteiger partial charge in [0.15, 0.2) is 2.14 Å². The van der Waals surface area contributed by atoms with Crippen LogP contribution in [0.4, 0.5) is 0 Å². The molecule has 0 aliphatic carbocycles. The minimum absolute atomic E-state index is 0.152. The summed E-state index contributed by atoms with van der Waals surface area (Å²) >= 11 is 13.1. The van der Waals surface area contributed by atoms with Crippen molar-refractivity contribution in [2.75, 3.05) is 0 Å². The van der Waals surface area contributed by atoms with E-state index in [1.54, 1.807) is 6.08 Å². The van der Waals surface area contributed by atoms with Gasteiger partial charge in [-0.1, -0.05) is 69.8 Å². The third-order valence-corrected chi connectivity index (χ3v) is 5.32. The number of carboxylic acid groups (broad SMARTS) is 1. The fraction of sp³-hybridized carbons (Fsp3) is 0.500. The molecule has 0 heterocycles. The van der Waals surface area contributed by atoms with E-state index < -0.39 is 8.11 Å². The molecule has 0 aromatic carbocycles. The highest BCUT2D eigenvalue weighted by Gasteiger charge is 2.27. The first-order valence-corrected chi connectivity index (χ1v) is 6.17. The van der Waals surface area contributed by atoms with Gasteiger partial charge in [-0.05, 0) is 6.92 Å². The van der Waals surface area contributed by atoms with Gasteiger partial charge in [-0.25, -0.2) is 4.79 Å². The monoisotopic (exact) mass is 426 g/mol. The molecule has 0 saturated heterocycles. The van der Waals surface area contributed by atoms with Crippen molar-refractivity contribution in [1.29, 1.82) is 0 Å². The lowest BCUT2D eigenvalue weighted by atomic mass is 10.2. The fourth-order valence-corrected chi connectivity index (χ4v) is 1.18. The highest BCUT2D eigenvalue weighted by atomic mass is 80.0. The van der Waals surface area contributed by atoms with Crippen molar-refractivity contribution in [2.45, 2.75) is 13.9 Å². The Morgan fingerprint density at radius 1 is 1.50 bits per heavy atom. The van der Waals surface area contributed by atoms with Crippen LogP contribution in [0.15, 0.2) is 11.6 Å². The standard InChI is InChI=1S/C6H6Br4O2/c1-3(5(11)12)2-4(7)6(8,9)10/h2,4H,1H3,(H,11,12). The number of aliphatic carboxylic acids is 1. The summed E-state index contributed by atoms with van der Waals surface area (Å²) in [6.07, 6.45) is 1.58. The molecule has 0 aromatic rings. The maximum Gasteiger partial charge on any atom is 0.330 e. The number of hydrogen-bond donors (Lipinski definition) is 1. The first-order valence-electron chi connectivity index (χ1n) is 2.87. The number of carboxylic acids is 1. The van der Waals surface area contributed by atoms with Crippen molar-refractivity contribution >= 4 is 69.7 Å². The third kappa shape index (κ3) is 4.99. The summed E-state index contributed by atoms with van der Waals surface area (Å²) in [6.45, 7) is 1.54. The van der Waals surface area contributed by atoms with Crippen LogP contribution >= 0.6 is 63.7 Å². The van der Waals surface area contributed by atoms with Crippen LogP contribution in [0.25, 0.3) is 0 Å². The first kappa shape index (κ1) is 13.1. The van der Waals surface area contributed by atoms with E-state index in [1.165, 1.54) is 6.92 Å². The highest BCUT2D eigenvalue weighted by molar-refractivity contribution is 9.40. The predicted molar refractivity (Wildman–Crippen MR) is 63.6 cm³/mol. The van der Waals surface area contributed by atoms with Gasteiger partial charge in [-0.15, -0.1) is 0 Å². The zero-order valence-electron chi connectivity index (χ0n) is 6.02. The Hall–Kier alpha value is 1.13. The van der Waals surface area contributed by atoms with Gasteiger partial charge in [-0.2, -0.15) is 0 Å². The maximum absolute atomic E-state index is 10.4. The summed E-state index contributed by atoms with van der Waals surface area (Å²) in [4.78, 5) is 10.3. The lowest BCUT2D eigenvalue weighted by Crippen LogP contribution is -2.15. The molecule has 0 aliphatic rings. The molecular weight excluding hydrogens is 424 g/mol. The number of rotatable bonds is 2. The molecule has 0 radical (unpaired) electrons. The van der Waals surface area contributed by atoms with Crippen LogP contribution in [0, 0.1) is 0 Å². The van der Waals surface area contributed by atoms with Gasteiger partial charge in [0.2, 0.25) is 0 Å². The van der Waals surface area contributed by atoms with Crippen LogP contribution in [-0.4, -0.2) is 18.0 Å². The summed E-state index contributed by atoms with van der Waals surface area (Å²) in [7, 11) is 0. The van der Waals surface area contributed by atoms with Crippen molar-refractivity contribution in [1.82, 2.24) is 0 Å². The minimum Gasteiger partial charge on any atom is -0.478 e. The van der Waals surface area contributed by atoms with Crippen molar-refractivity contribution < 1.29 is 9.90 Å². The first-order chi connectivity index (χ1) is 5.25. The molecule has 6 heteroatoms. The van der Waals surface area contributed by atoms with E-state index in [0.717, 1.165) is 0 Å². The lowest BCUT2D eigenvalue weighted by Gasteiger charge is -2.16. The van der Waals surface area contributed by atoms with Gasteiger partial charge < -0.3 is 5.11 Å². The molecule has 1 atom stereocenters. The molecule has 12 heavy (non-hydrogen) atoms. The smallest absolute Gasteiger partial charge is 0.330 e. The van der Waals surface area contributed by atoms with Gasteiger partial charge in [0, 0.05) is 5.57 Å². The van der Waals surface area contributed by atoms with Crippen LogP contribution in [0.1, 0.15) is 6.92 Å². The average Bonchev–Trinajstić information content (AvgIpc) is 1.85. The summed E-state index contributed by atoms with van der Waals surface area (Å²) in [5.41, 5.74) is 0.291. The molecule has 0 saturated carbocycles. The second kappa shape index (κ2) is 5.12. The molecule has 0 aromatic heterocycles. The van der Waals surface area contributed by atoms with E-state index in [2.05, 4.69) is 63.7 Å². The molecule has 2 nitrogen and oxygen atoms in total. The van der Waals surface area contributed by atoms with Gasteiger partial charge in [-0.3, -0.25) is 0 Å². The molecule has 0 amide bonds. The molecule has 0 bridgehead atoms. The molecule has 0 fully saturated rings. The van der Waals surface area contributed by atoms with E-state index in [-0.39, 0.29) is 4.83 Å². The van der Waals surface area contributed by atoms with E-state index in [4.69, 9.17) is 5.11 Å². The summed E-state index contributed by atoms with van der Waals surface area (Å²) in [5.74, 6) is -0.920.